The van der Waals surface area contributed by atoms with Gasteiger partial charge in [0.1, 0.15) is 5.82 Å². The van der Waals surface area contributed by atoms with Crippen LogP contribution in [-0.2, 0) is 6.54 Å². The number of amides is 1. The predicted octanol–water partition coefficient (Wildman–Crippen LogP) is 5.02. The summed E-state index contributed by atoms with van der Waals surface area (Å²) in [4.78, 5) is 16.4. The highest BCUT2D eigenvalue weighted by molar-refractivity contribution is 6.30. The maximum atomic E-state index is 13.7. The monoisotopic (exact) mass is 391 g/mol. The number of hydrogen-bond acceptors (Lipinski definition) is 3. The Balaban J connectivity index is 1.70. The van der Waals surface area contributed by atoms with Crippen LogP contribution in [0, 0.1) is 17.5 Å². The van der Waals surface area contributed by atoms with E-state index in [0.717, 1.165) is 17.7 Å². The summed E-state index contributed by atoms with van der Waals surface area (Å²) in [5.74, 6) is -4.70. The molecule has 1 heterocycles. The van der Waals surface area contributed by atoms with Gasteiger partial charge in [0.15, 0.2) is 17.5 Å². The fourth-order valence-electron chi connectivity index (χ4n) is 2.28. The smallest absolute Gasteiger partial charge is 0.255 e. The van der Waals surface area contributed by atoms with Crippen LogP contribution in [0.5, 0.6) is 0 Å². The van der Waals surface area contributed by atoms with E-state index in [1.807, 2.05) is 12.1 Å². The van der Waals surface area contributed by atoms with Crippen molar-refractivity contribution in [3.05, 3.63) is 88.3 Å². The van der Waals surface area contributed by atoms with Gasteiger partial charge >= 0.3 is 0 Å². The molecule has 3 aromatic rings. The molecule has 3 rings (SSSR count). The Kier molecular flexibility index (Phi) is 5.61. The second kappa shape index (κ2) is 8.09. The van der Waals surface area contributed by atoms with E-state index in [1.54, 1.807) is 12.1 Å². The summed E-state index contributed by atoms with van der Waals surface area (Å²) in [6.07, 6.45) is 1.40. The molecule has 4 nitrogen and oxygen atoms in total. The van der Waals surface area contributed by atoms with Gasteiger partial charge < -0.3 is 10.6 Å². The maximum Gasteiger partial charge on any atom is 0.255 e. The van der Waals surface area contributed by atoms with E-state index in [0.29, 0.717) is 17.4 Å². The molecule has 0 spiro atoms. The number of carbonyl (C=O) groups excluding carboxylic acids is 1. The van der Waals surface area contributed by atoms with Crippen LogP contribution in [0.4, 0.5) is 24.7 Å². The average Bonchev–Trinajstić information content (AvgIpc) is 2.68. The van der Waals surface area contributed by atoms with Crippen molar-refractivity contribution in [2.24, 2.45) is 0 Å². The van der Waals surface area contributed by atoms with Crippen molar-refractivity contribution in [2.75, 3.05) is 10.6 Å². The van der Waals surface area contributed by atoms with Crippen molar-refractivity contribution in [2.45, 2.75) is 6.54 Å². The Morgan fingerprint density at radius 2 is 1.74 bits per heavy atom. The standard InChI is InChI=1S/C19H13ClF3N3O/c20-13-3-1-11(2-4-13)10-25-16-9-12(7-8-24-16)19(27)26-15-6-5-14(21)17(22)18(15)23/h1-9H,10H2,(H,24,25)(H,26,27). The largest absolute Gasteiger partial charge is 0.366 e. The Morgan fingerprint density at radius 1 is 1.00 bits per heavy atom. The molecule has 0 saturated carbocycles. The lowest BCUT2D eigenvalue weighted by molar-refractivity contribution is 0.102. The summed E-state index contributed by atoms with van der Waals surface area (Å²) in [5.41, 5.74) is 0.680. The first-order valence-corrected chi connectivity index (χ1v) is 8.21. The van der Waals surface area contributed by atoms with Crippen LogP contribution in [0.3, 0.4) is 0 Å². The van der Waals surface area contributed by atoms with E-state index in [2.05, 4.69) is 15.6 Å². The Labute approximate surface area is 158 Å². The highest BCUT2D eigenvalue weighted by atomic mass is 35.5. The lowest BCUT2D eigenvalue weighted by Crippen LogP contribution is -2.14. The zero-order valence-electron chi connectivity index (χ0n) is 13.8. The van der Waals surface area contributed by atoms with E-state index in [4.69, 9.17) is 11.6 Å². The van der Waals surface area contributed by atoms with E-state index in [9.17, 15) is 18.0 Å². The van der Waals surface area contributed by atoms with Crippen LogP contribution in [0.25, 0.3) is 0 Å². The molecular formula is C19H13ClF3N3O. The van der Waals surface area contributed by atoms with Crippen LogP contribution in [0.15, 0.2) is 54.7 Å². The summed E-state index contributed by atoms with van der Waals surface area (Å²) in [6.45, 7) is 0.451. The first-order chi connectivity index (χ1) is 12.9. The topological polar surface area (TPSA) is 54.0 Å². The second-order valence-corrected chi connectivity index (χ2v) is 6.02. The van der Waals surface area contributed by atoms with Gasteiger partial charge in [0, 0.05) is 23.3 Å². The lowest BCUT2D eigenvalue weighted by atomic mass is 10.2. The number of pyridine rings is 1. The molecule has 2 aromatic carbocycles. The van der Waals surface area contributed by atoms with E-state index in [-0.39, 0.29) is 5.56 Å². The Morgan fingerprint density at radius 3 is 2.48 bits per heavy atom. The number of nitrogens with one attached hydrogen (secondary N) is 2. The van der Waals surface area contributed by atoms with Gasteiger partial charge in [-0.05, 0) is 42.0 Å². The quantitative estimate of drug-likeness (QED) is 0.601. The van der Waals surface area contributed by atoms with E-state index >= 15 is 0 Å². The number of carbonyl (C=O) groups is 1. The molecule has 0 bridgehead atoms. The van der Waals surface area contributed by atoms with Gasteiger partial charge in [0.05, 0.1) is 5.69 Å². The first-order valence-electron chi connectivity index (χ1n) is 7.83. The number of rotatable bonds is 5. The fourth-order valence-corrected chi connectivity index (χ4v) is 2.41. The normalized spacial score (nSPS) is 10.5. The van der Waals surface area contributed by atoms with Gasteiger partial charge in [-0.15, -0.1) is 0 Å². The zero-order valence-corrected chi connectivity index (χ0v) is 14.5. The highest BCUT2D eigenvalue weighted by Crippen LogP contribution is 2.20. The molecule has 0 aliphatic rings. The van der Waals surface area contributed by atoms with Crippen LogP contribution in [-0.4, -0.2) is 10.9 Å². The molecule has 0 saturated heterocycles. The first kappa shape index (κ1) is 18.7. The maximum absolute atomic E-state index is 13.7. The third-order valence-corrected chi connectivity index (χ3v) is 3.94. The third kappa shape index (κ3) is 4.57. The number of anilines is 2. The molecule has 0 unspecified atom stereocenters. The predicted molar refractivity (Wildman–Crippen MR) is 97.3 cm³/mol. The molecule has 0 aliphatic carbocycles. The number of aromatic nitrogens is 1. The van der Waals surface area contributed by atoms with Crippen molar-refractivity contribution in [3.63, 3.8) is 0 Å². The average molecular weight is 392 g/mol. The summed E-state index contributed by atoms with van der Waals surface area (Å²) < 4.78 is 39.9. The van der Waals surface area contributed by atoms with Gasteiger partial charge in [-0.25, -0.2) is 18.2 Å². The van der Waals surface area contributed by atoms with Crippen molar-refractivity contribution >= 4 is 29.0 Å². The molecule has 138 valence electrons. The summed E-state index contributed by atoms with van der Waals surface area (Å²) in [6, 6.07) is 11.8. The SMILES string of the molecule is O=C(Nc1ccc(F)c(F)c1F)c1ccnc(NCc2ccc(Cl)cc2)c1. The molecular weight excluding hydrogens is 379 g/mol. The summed E-state index contributed by atoms with van der Waals surface area (Å²) in [7, 11) is 0. The molecule has 2 N–H and O–H groups in total. The van der Waals surface area contributed by atoms with Crippen LogP contribution in [0.1, 0.15) is 15.9 Å². The van der Waals surface area contributed by atoms with E-state index < -0.39 is 29.0 Å². The van der Waals surface area contributed by atoms with Gasteiger partial charge in [-0.3, -0.25) is 4.79 Å². The van der Waals surface area contributed by atoms with Gasteiger partial charge in [-0.1, -0.05) is 23.7 Å². The number of halogens is 4. The minimum Gasteiger partial charge on any atom is -0.366 e. The van der Waals surface area contributed by atoms with Gasteiger partial charge in [0.2, 0.25) is 0 Å². The molecule has 0 aliphatic heterocycles. The third-order valence-electron chi connectivity index (χ3n) is 3.69. The molecule has 8 heteroatoms. The molecule has 0 radical (unpaired) electrons. The van der Waals surface area contributed by atoms with Crippen LogP contribution >= 0.6 is 11.6 Å². The fraction of sp³-hybridized carbons (Fsp3) is 0.0526. The Bertz CT molecular complexity index is 980. The van der Waals surface area contributed by atoms with Gasteiger partial charge in [-0.2, -0.15) is 0 Å². The number of nitrogens with zero attached hydrogens (tertiary/aromatic N) is 1. The van der Waals surface area contributed by atoms with Gasteiger partial charge in [0.25, 0.3) is 5.91 Å². The van der Waals surface area contributed by atoms with Crippen molar-refractivity contribution < 1.29 is 18.0 Å². The minimum atomic E-state index is -1.65. The summed E-state index contributed by atoms with van der Waals surface area (Å²) in [5, 5.41) is 5.89. The zero-order chi connectivity index (χ0) is 19.4. The highest BCUT2D eigenvalue weighted by Gasteiger charge is 2.16. The molecule has 0 atom stereocenters. The second-order valence-electron chi connectivity index (χ2n) is 5.59. The lowest BCUT2D eigenvalue weighted by Gasteiger charge is -2.09. The van der Waals surface area contributed by atoms with Crippen molar-refractivity contribution in [1.82, 2.24) is 4.98 Å². The van der Waals surface area contributed by atoms with Crippen LogP contribution in [0.2, 0.25) is 5.02 Å². The van der Waals surface area contributed by atoms with Crippen LogP contribution < -0.4 is 10.6 Å². The minimum absolute atomic E-state index is 0.174. The number of benzene rings is 2. The summed E-state index contributed by atoms with van der Waals surface area (Å²) >= 11 is 5.83. The molecule has 1 aromatic heterocycles. The molecule has 1 amide bonds. The Hall–Kier alpha value is -3.06. The molecule has 0 fully saturated rings. The van der Waals surface area contributed by atoms with Crippen molar-refractivity contribution in [1.29, 1.82) is 0 Å². The number of hydrogen-bond donors (Lipinski definition) is 2. The molecule has 27 heavy (non-hydrogen) atoms. The van der Waals surface area contributed by atoms with E-state index in [1.165, 1.54) is 18.3 Å². The van der Waals surface area contributed by atoms with Crippen molar-refractivity contribution in [3.8, 4) is 0 Å².